The molecule has 0 atom stereocenters. The summed E-state index contributed by atoms with van der Waals surface area (Å²) in [5, 5.41) is 0. The first kappa shape index (κ1) is 23.3. The van der Waals surface area contributed by atoms with Gasteiger partial charge in [-0.2, -0.15) is 0 Å². The van der Waals surface area contributed by atoms with Gasteiger partial charge in [0.1, 0.15) is 0 Å². The Kier molecular flexibility index (Phi) is 52.1. The summed E-state index contributed by atoms with van der Waals surface area (Å²) in [7, 11) is -3.63. The number of hydrogen-bond donors (Lipinski definition) is 0. The average molecular weight is 341 g/mol. The summed E-state index contributed by atoms with van der Waals surface area (Å²) in [5.74, 6) is 0. The normalized spacial score (nSPS) is 3.43. The summed E-state index contributed by atoms with van der Waals surface area (Å²) < 4.78 is 8.52. The minimum absolute atomic E-state index is 0. The fraction of sp³-hybridized carbons (Fsp3) is 0. The Hall–Kier alpha value is 1.76. The van der Waals surface area contributed by atoms with E-state index < -0.39 is 9.17 Å². The Bertz CT molecular complexity index is 34.7. The fourth-order valence-electron chi connectivity index (χ4n) is 0. The zero-order chi connectivity index (χ0) is 3.58. The molecule has 0 aromatic rings. The predicted octanol–water partition coefficient (Wildman–Crippen LogP) is -4.46. The van der Waals surface area contributed by atoms with E-state index in [0.717, 1.165) is 0 Å². The molecule has 0 rings (SSSR count). The molecule has 0 saturated carbocycles. The average Bonchev–Trinajstić information content (AvgIpc) is 0.811. The third-order valence-electron chi connectivity index (χ3n) is 0. The monoisotopic (exact) mass is 342 g/mol. The van der Waals surface area contributed by atoms with Gasteiger partial charge in [-0.15, -0.1) is 0 Å². The van der Waals surface area contributed by atoms with Gasteiger partial charge in [0.05, 0.1) is 0 Å². The van der Waals surface area contributed by atoms with Crippen molar-refractivity contribution in [3.63, 3.8) is 0 Å². The van der Waals surface area contributed by atoms with Crippen LogP contribution in [-0.4, -0.2) is 79.7 Å². The number of hydrogen-bond acceptors (Lipinski definition) is 3. The molecule has 0 aliphatic carbocycles. The van der Waals surface area contributed by atoms with Crippen LogP contribution in [0.15, 0.2) is 0 Å². The molecule has 0 saturated heterocycles. The van der Waals surface area contributed by atoms with Gasteiger partial charge in [0.15, 0.2) is 0 Å². The first-order chi connectivity index (χ1) is 1.73. The SMILES string of the molecule is O.O=[Si]([O-])[O-].[Ca+2].[Pb]. The zero-order valence-corrected chi connectivity index (χ0v) is 10.5. The van der Waals surface area contributed by atoms with Crippen molar-refractivity contribution in [3.05, 3.63) is 0 Å². The Morgan fingerprint density at radius 1 is 1.29 bits per heavy atom. The Balaban J connectivity index is -0.0000000150. The molecule has 0 bridgehead atoms. The molecule has 0 aromatic carbocycles. The maximum Gasteiger partial charge on any atom is 2.00 e. The van der Waals surface area contributed by atoms with Crippen molar-refractivity contribution in [3.8, 4) is 0 Å². The molecule has 0 heterocycles. The van der Waals surface area contributed by atoms with Crippen LogP contribution >= 0.6 is 0 Å². The summed E-state index contributed by atoms with van der Waals surface area (Å²) in [4.78, 5) is 17.0. The van der Waals surface area contributed by atoms with Crippen molar-refractivity contribution >= 4 is 74.2 Å². The molecule has 0 amide bonds. The van der Waals surface area contributed by atoms with Gasteiger partial charge in [0.2, 0.25) is 0 Å². The van der Waals surface area contributed by atoms with Gasteiger partial charge < -0.3 is 19.5 Å². The van der Waals surface area contributed by atoms with Crippen LogP contribution in [0.1, 0.15) is 0 Å². The van der Waals surface area contributed by atoms with Crippen LogP contribution in [0.25, 0.3) is 0 Å². The molecule has 0 aromatic heterocycles. The molecule has 2 N–H and O–H groups in total. The van der Waals surface area contributed by atoms with Crippen molar-refractivity contribution in [2.45, 2.75) is 0 Å². The summed E-state index contributed by atoms with van der Waals surface area (Å²) >= 11 is 0. The molecule has 4 nitrogen and oxygen atoms in total. The maximum absolute atomic E-state index is 8.52. The molecule has 7 heavy (non-hydrogen) atoms. The molecule has 0 aliphatic rings. The van der Waals surface area contributed by atoms with E-state index in [4.69, 9.17) is 14.1 Å². The van der Waals surface area contributed by atoms with Crippen LogP contribution < -0.4 is 9.59 Å². The summed E-state index contributed by atoms with van der Waals surface area (Å²) in [6, 6.07) is 0. The molecule has 0 unspecified atom stereocenters. The summed E-state index contributed by atoms with van der Waals surface area (Å²) in [5.41, 5.74) is 0. The van der Waals surface area contributed by atoms with Crippen molar-refractivity contribution < 1.29 is 19.5 Å². The van der Waals surface area contributed by atoms with Gasteiger partial charge in [0.25, 0.3) is 0 Å². The summed E-state index contributed by atoms with van der Waals surface area (Å²) in [6.45, 7) is 0. The standard InChI is InChI=1S/Ca.O3Si.H2O.Pb/c;1-4(2)3;;/h;;1H2;/q+2;-2;;. The van der Waals surface area contributed by atoms with Gasteiger partial charge >= 0.3 is 37.7 Å². The minimum Gasteiger partial charge on any atom is -0.672 e. The molecule has 7 heteroatoms. The second-order valence-electron chi connectivity index (χ2n) is 0.250. The predicted molar refractivity (Wildman–Crippen MR) is 21.6 cm³/mol. The quantitative estimate of drug-likeness (QED) is 0.416. The van der Waals surface area contributed by atoms with E-state index in [1.807, 2.05) is 0 Å². The van der Waals surface area contributed by atoms with Gasteiger partial charge in [-0.05, 0) is 0 Å². The number of rotatable bonds is 0. The smallest absolute Gasteiger partial charge is 0.672 e. The Labute approximate surface area is 92.3 Å². The second-order valence-corrected chi connectivity index (χ2v) is 0.750. The van der Waals surface area contributed by atoms with Crippen LogP contribution in [0.3, 0.4) is 0 Å². The van der Waals surface area contributed by atoms with Gasteiger partial charge in [-0.25, -0.2) is 0 Å². The molecule has 0 aliphatic heterocycles. The third kappa shape index (κ3) is 83.2. The van der Waals surface area contributed by atoms with E-state index in [9.17, 15) is 0 Å². The van der Waals surface area contributed by atoms with Crippen LogP contribution in [-0.2, 0) is 4.46 Å². The van der Waals surface area contributed by atoms with Crippen molar-refractivity contribution in [1.29, 1.82) is 0 Å². The molecular weight excluding hydrogens is 339 g/mol. The van der Waals surface area contributed by atoms with Crippen molar-refractivity contribution in [1.82, 2.24) is 0 Å². The van der Waals surface area contributed by atoms with Crippen molar-refractivity contribution in [2.24, 2.45) is 0 Å². The van der Waals surface area contributed by atoms with E-state index in [0.29, 0.717) is 0 Å². The molecule has 4 radical (unpaired) electrons. The second kappa shape index (κ2) is 15.7. The van der Waals surface area contributed by atoms with E-state index in [1.165, 1.54) is 0 Å². The first-order valence-corrected chi connectivity index (χ1v) is 1.84. The molecule has 0 spiro atoms. The van der Waals surface area contributed by atoms with Crippen LogP contribution in [0.5, 0.6) is 0 Å². The van der Waals surface area contributed by atoms with Crippen molar-refractivity contribution in [2.75, 3.05) is 0 Å². The third-order valence-corrected chi connectivity index (χ3v) is 0. The fourth-order valence-corrected chi connectivity index (χ4v) is 0. The van der Waals surface area contributed by atoms with E-state index in [-0.39, 0.29) is 70.5 Å². The van der Waals surface area contributed by atoms with E-state index in [1.54, 1.807) is 0 Å². The molecule has 0 fully saturated rings. The van der Waals surface area contributed by atoms with Crippen LogP contribution in [0.2, 0.25) is 0 Å². The van der Waals surface area contributed by atoms with Gasteiger partial charge in [-0.1, -0.05) is 0 Å². The van der Waals surface area contributed by atoms with Crippen LogP contribution in [0.4, 0.5) is 0 Å². The molecule has 36 valence electrons. The van der Waals surface area contributed by atoms with Gasteiger partial charge in [0, 0.05) is 36.5 Å². The van der Waals surface area contributed by atoms with Gasteiger partial charge in [-0.3, -0.25) is 0 Å². The molecular formula is H2CaO4PbSi. The topological polar surface area (TPSA) is 94.7 Å². The van der Waals surface area contributed by atoms with E-state index in [2.05, 4.69) is 0 Å². The maximum atomic E-state index is 8.52. The largest absolute Gasteiger partial charge is 2.00 e. The summed E-state index contributed by atoms with van der Waals surface area (Å²) in [6.07, 6.45) is 0. The minimum atomic E-state index is -3.63. The Morgan fingerprint density at radius 3 is 1.29 bits per heavy atom. The Morgan fingerprint density at radius 2 is 1.29 bits per heavy atom. The van der Waals surface area contributed by atoms with Crippen LogP contribution in [0, 0.1) is 0 Å². The first-order valence-electron chi connectivity index (χ1n) is 0.612. The van der Waals surface area contributed by atoms with E-state index >= 15 is 0 Å². The zero-order valence-electron chi connectivity index (χ0n) is 3.43.